The molecule has 1 aliphatic heterocycles. The Labute approximate surface area is 198 Å². The Morgan fingerprint density at radius 3 is 2.82 bits per heavy atom. The molecule has 4 aromatic rings. The van der Waals surface area contributed by atoms with E-state index in [0.29, 0.717) is 18.1 Å². The summed E-state index contributed by atoms with van der Waals surface area (Å²) in [4.78, 5) is 20.0. The average molecular weight is 454 g/mol. The molecule has 0 aliphatic carbocycles. The SMILES string of the molecule is CCc1cn(-c2cccc(NC(=O)N3CCCNc4ccc(-c5cccc(C)c5)nc43)c2)nn1. The van der Waals surface area contributed by atoms with Crippen LogP contribution < -0.4 is 15.5 Å². The van der Waals surface area contributed by atoms with Crippen molar-refractivity contribution in [2.75, 3.05) is 28.6 Å². The summed E-state index contributed by atoms with van der Waals surface area (Å²) in [5.74, 6) is 0.633. The van der Waals surface area contributed by atoms with Crippen molar-refractivity contribution in [1.29, 1.82) is 0 Å². The predicted molar refractivity (Wildman–Crippen MR) is 135 cm³/mol. The van der Waals surface area contributed by atoms with Crippen LogP contribution in [0.2, 0.25) is 0 Å². The predicted octanol–water partition coefficient (Wildman–Crippen LogP) is 5.05. The Balaban J connectivity index is 1.42. The third kappa shape index (κ3) is 4.47. The molecule has 8 heteroatoms. The molecule has 1 aliphatic rings. The van der Waals surface area contributed by atoms with Crippen LogP contribution in [0.4, 0.5) is 22.0 Å². The Morgan fingerprint density at radius 2 is 2.00 bits per heavy atom. The van der Waals surface area contributed by atoms with Crippen molar-refractivity contribution in [3.8, 4) is 16.9 Å². The van der Waals surface area contributed by atoms with Crippen molar-refractivity contribution in [3.63, 3.8) is 0 Å². The molecule has 2 aromatic heterocycles. The van der Waals surface area contributed by atoms with E-state index in [4.69, 9.17) is 4.98 Å². The van der Waals surface area contributed by atoms with Crippen LogP contribution >= 0.6 is 0 Å². The van der Waals surface area contributed by atoms with Crippen molar-refractivity contribution in [3.05, 3.63) is 78.1 Å². The van der Waals surface area contributed by atoms with Gasteiger partial charge in [-0.25, -0.2) is 14.5 Å². The number of nitrogens with one attached hydrogen (secondary N) is 2. The third-order valence-corrected chi connectivity index (χ3v) is 5.83. The first-order valence-corrected chi connectivity index (χ1v) is 11.5. The van der Waals surface area contributed by atoms with Gasteiger partial charge in [0.05, 0.1) is 29.0 Å². The quantitative estimate of drug-likeness (QED) is 0.451. The zero-order chi connectivity index (χ0) is 23.5. The molecule has 0 fully saturated rings. The molecule has 0 bridgehead atoms. The van der Waals surface area contributed by atoms with Gasteiger partial charge >= 0.3 is 6.03 Å². The summed E-state index contributed by atoms with van der Waals surface area (Å²) in [6.45, 7) is 5.45. The monoisotopic (exact) mass is 453 g/mol. The fraction of sp³-hybridized carbons (Fsp3) is 0.231. The fourth-order valence-corrected chi connectivity index (χ4v) is 4.02. The Hall–Kier alpha value is -4.20. The molecule has 3 heterocycles. The number of carbonyl (C=O) groups is 1. The summed E-state index contributed by atoms with van der Waals surface area (Å²) < 4.78 is 1.72. The normalized spacial score (nSPS) is 13.1. The van der Waals surface area contributed by atoms with Gasteiger partial charge in [0.2, 0.25) is 0 Å². The van der Waals surface area contributed by atoms with Crippen LogP contribution in [0.5, 0.6) is 0 Å². The maximum absolute atomic E-state index is 13.4. The van der Waals surface area contributed by atoms with Gasteiger partial charge in [-0.05, 0) is 56.2 Å². The zero-order valence-electron chi connectivity index (χ0n) is 19.3. The summed E-state index contributed by atoms with van der Waals surface area (Å²) in [6, 6.07) is 19.6. The van der Waals surface area contributed by atoms with Gasteiger partial charge in [-0.3, -0.25) is 4.90 Å². The highest BCUT2D eigenvalue weighted by Gasteiger charge is 2.23. The van der Waals surface area contributed by atoms with Gasteiger partial charge in [-0.15, -0.1) is 5.10 Å². The first-order valence-electron chi connectivity index (χ1n) is 11.5. The maximum atomic E-state index is 13.4. The van der Waals surface area contributed by atoms with Gasteiger partial charge in [0.25, 0.3) is 0 Å². The van der Waals surface area contributed by atoms with E-state index < -0.39 is 0 Å². The molecule has 0 saturated heterocycles. The van der Waals surface area contributed by atoms with Crippen LogP contribution in [0.25, 0.3) is 16.9 Å². The minimum absolute atomic E-state index is 0.219. The van der Waals surface area contributed by atoms with Crippen LogP contribution in [0.15, 0.2) is 66.9 Å². The number of hydrogen-bond donors (Lipinski definition) is 2. The van der Waals surface area contributed by atoms with E-state index in [-0.39, 0.29) is 6.03 Å². The van der Waals surface area contributed by atoms with Gasteiger partial charge in [-0.2, -0.15) is 0 Å². The van der Waals surface area contributed by atoms with E-state index in [2.05, 4.69) is 40.0 Å². The molecule has 8 nitrogen and oxygen atoms in total. The van der Waals surface area contributed by atoms with Gasteiger partial charge in [0.1, 0.15) is 0 Å². The van der Waals surface area contributed by atoms with Crippen molar-refractivity contribution >= 4 is 23.2 Å². The lowest BCUT2D eigenvalue weighted by Crippen LogP contribution is -2.36. The number of hydrogen-bond acceptors (Lipinski definition) is 5. The number of nitrogens with zero attached hydrogens (tertiary/aromatic N) is 5. The third-order valence-electron chi connectivity index (χ3n) is 5.83. The lowest BCUT2D eigenvalue weighted by Gasteiger charge is -2.22. The molecule has 0 spiro atoms. The van der Waals surface area contributed by atoms with E-state index in [1.165, 1.54) is 5.56 Å². The molecule has 0 unspecified atom stereocenters. The molecule has 2 aromatic carbocycles. The largest absolute Gasteiger partial charge is 0.382 e. The lowest BCUT2D eigenvalue weighted by atomic mass is 10.1. The second-order valence-electron chi connectivity index (χ2n) is 8.36. The van der Waals surface area contributed by atoms with Crippen LogP contribution in [0, 0.1) is 6.92 Å². The Morgan fingerprint density at radius 1 is 1.12 bits per heavy atom. The molecule has 0 saturated carbocycles. The number of anilines is 3. The standard InChI is InChI=1S/C26H27N7O/c1-3-20-17-33(31-30-20)22-10-5-9-21(16-22)28-26(34)32-14-6-13-27-24-12-11-23(29-25(24)32)19-8-4-7-18(2)15-19/h4-5,7-12,15-17,27H,3,6,13-14H2,1-2H3,(H,28,34). The molecule has 172 valence electrons. The van der Waals surface area contributed by atoms with Gasteiger partial charge in [0, 0.05) is 24.3 Å². The smallest absolute Gasteiger partial charge is 0.327 e. The van der Waals surface area contributed by atoms with Crippen LogP contribution in [-0.4, -0.2) is 39.1 Å². The minimum atomic E-state index is -0.219. The van der Waals surface area contributed by atoms with E-state index in [1.54, 1.807) is 9.58 Å². The summed E-state index contributed by atoms with van der Waals surface area (Å²) in [7, 11) is 0. The molecule has 0 radical (unpaired) electrons. The Bertz CT molecular complexity index is 1330. The number of aromatic nitrogens is 4. The number of urea groups is 1. The molecular formula is C26H27N7O. The topological polar surface area (TPSA) is 88.0 Å². The fourth-order valence-electron chi connectivity index (χ4n) is 4.02. The summed E-state index contributed by atoms with van der Waals surface area (Å²) in [6.07, 6.45) is 3.53. The number of aryl methyl sites for hydroxylation is 2. The van der Waals surface area contributed by atoms with Gasteiger partial charge < -0.3 is 10.6 Å². The highest BCUT2D eigenvalue weighted by Crippen LogP contribution is 2.31. The summed E-state index contributed by atoms with van der Waals surface area (Å²) in [5.41, 5.74) is 6.32. The van der Waals surface area contributed by atoms with Crippen molar-refractivity contribution in [1.82, 2.24) is 20.0 Å². The molecule has 5 rings (SSSR count). The van der Waals surface area contributed by atoms with Gasteiger partial charge in [0.15, 0.2) is 5.82 Å². The van der Waals surface area contributed by atoms with E-state index >= 15 is 0 Å². The van der Waals surface area contributed by atoms with Crippen molar-refractivity contribution in [2.45, 2.75) is 26.7 Å². The first-order chi connectivity index (χ1) is 16.6. The zero-order valence-corrected chi connectivity index (χ0v) is 19.3. The van der Waals surface area contributed by atoms with Crippen molar-refractivity contribution < 1.29 is 4.79 Å². The summed E-state index contributed by atoms with van der Waals surface area (Å²) >= 11 is 0. The number of pyridine rings is 1. The number of benzene rings is 2. The second-order valence-corrected chi connectivity index (χ2v) is 8.36. The maximum Gasteiger partial charge on any atom is 0.327 e. The highest BCUT2D eigenvalue weighted by molar-refractivity contribution is 6.03. The molecular weight excluding hydrogens is 426 g/mol. The van der Waals surface area contributed by atoms with E-state index in [9.17, 15) is 4.79 Å². The van der Waals surface area contributed by atoms with Crippen molar-refractivity contribution in [2.24, 2.45) is 0 Å². The summed E-state index contributed by atoms with van der Waals surface area (Å²) in [5, 5.41) is 14.8. The molecule has 0 atom stereocenters. The van der Waals surface area contributed by atoms with Crippen LogP contribution in [0.1, 0.15) is 24.6 Å². The number of rotatable bonds is 4. The van der Waals surface area contributed by atoms with E-state index in [1.807, 2.05) is 61.7 Å². The Kier molecular flexibility index (Phi) is 5.95. The van der Waals surface area contributed by atoms with Gasteiger partial charge in [-0.1, -0.05) is 42.0 Å². The number of fused-ring (bicyclic) bond motifs is 1. The number of carbonyl (C=O) groups excluding carboxylic acids is 1. The average Bonchev–Trinajstić information content (AvgIpc) is 3.24. The number of amides is 2. The van der Waals surface area contributed by atoms with E-state index in [0.717, 1.165) is 47.7 Å². The first kappa shape index (κ1) is 21.6. The molecule has 34 heavy (non-hydrogen) atoms. The minimum Gasteiger partial charge on any atom is -0.382 e. The highest BCUT2D eigenvalue weighted by atomic mass is 16.2. The van der Waals surface area contributed by atoms with Crippen LogP contribution in [0.3, 0.4) is 0 Å². The second kappa shape index (κ2) is 9.35. The van der Waals surface area contributed by atoms with Crippen LogP contribution in [-0.2, 0) is 6.42 Å². The molecule has 2 N–H and O–H groups in total. The lowest BCUT2D eigenvalue weighted by molar-refractivity contribution is 0.257. The molecule has 2 amide bonds.